The molecule has 1 aromatic rings. The molecule has 2 unspecified atom stereocenters. The number of aryl methyl sites for hydroxylation is 1. The molecule has 19 heavy (non-hydrogen) atoms. The lowest BCUT2D eigenvalue weighted by atomic mass is 9.84. The lowest BCUT2D eigenvalue weighted by Crippen LogP contribution is -2.38. The molecule has 1 aliphatic rings. The number of hydrogen-bond acceptors (Lipinski definition) is 6. The topological polar surface area (TPSA) is 89.8 Å². The van der Waals surface area contributed by atoms with E-state index in [9.17, 15) is 5.11 Å². The Labute approximate surface area is 118 Å². The van der Waals surface area contributed by atoms with Gasteiger partial charge in [-0.25, -0.2) is 4.68 Å². The number of nitrogens with zero attached hydrogens (tertiary/aromatic N) is 4. The van der Waals surface area contributed by atoms with E-state index >= 15 is 0 Å². The van der Waals surface area contributed by atoms with Crippen molar-refractivity contribution in [3.05, 3.63) is 0 Å². The number of aromatic nitrogens is 4. The van der Waals surface area contributed by atoms with E-state index in [-0.39, 0.29) is 6.04 Å². The number of rotatable bonds is 6. The minimum atomic E-state index is -0.497. The fraction of sp³-hybridized carbons (Fsp3) is 0.917. The van der Waals surface area contributed by atoms with Crippen LogP contribution in [0.4, 0.5) is 0 Å². The van der Waals surface area contributed by atoms with Crippen LogP contribution in [0.5, 0.6) is 0 Å². The van der Waals surface area contributed by atoms with Crippen molar-refractivity contribution in [2.75, 3.05) is 5.75 Å². The summed E-state index contributed by atoms with van der Waals surface area (Å²) in [6.45, 7) is 0. The highest BCUT2D eigenvalue weighted by molar-refractivity contribution is 7.99. The normalized spacial score (nSPS) is 20.4. The van der Waals surface area contributed by atoms with Gasteiger partial charge in [-0.3, -0.25) is 0 Å². The zero-order valence-corrected chi connectivity index (χ0v) is 12.2. The summed E-state index contributed by atoms with van der Waals surface area (Å²) >= 11 is 1.45. The van der Waals surface area contributed by atoms with Gasteiger partial charge in [0.1, 0.15) is 0 Å². The van der Waals surface area contributed by atoms with Gasteiger partial charge in [-0.05, 0) is 22.8 Å². The van der Waals surface area contributed by atoms with Crippen molar-refractivity contribution in [2.45, 2.75) is 55.8 Å². The average molecular weight is 285 g/mol. The number of tetrazole rings is 1. The van der Waals surface area contributed by atoms with E-state index < -0.39 is 6.10 Å². The highest BCUT2D eigenvalue weighted by atomic mass is 32.2. The van der Waals surface area contributed by atoms with Crippen LogP contribution in [-0.2, 0) is 7.05 Å². The van der Waals surface area contributed by atoms with E-state index in [1.165, 1.54) is 43.9 Å². The fourth-order valence-electron chi connectivity index (χ4n) is 2.59. The maximum absolute atomic E-state index is 10.1. The fourth-order valence-corrected chi connectivity index (χ4v) is 3.48. The highest BCUT2D eigenvalue weighted by Gasteiger charge is 2.22. The molecule has 1 saturated carbocycles. The Kier molecular flexibility index (Phi) is 5.59. The number of hydrogen-bond donors (Lipinski definition) is 2. The first-order valence-corrected chi connectivity index (χ1v) is 7.94. The number of thioether (sulfide) groups is 1. The SMILES string of the molecule is Cn1nnnc1SCC(O)C(N)CC1CCCCC1. The van der Waals surface area contributed by atoms with Crippen LogP contribution in [0.25, 0.3) is 0 Å². The van der Waals surface area contributed by atoms with Crippen LogP contribution in [0.3, 0.4) is 0 Å². The van der Waals surface area contributed by atoms with Crippen LogP contribution in [0, 0.1) is 5.92 Å². The first-order valence-electron chi connectivity index (χ1n) is 6.95. The monoisotopic (exact) mass is 285 g/mol. The van der Waals surface area contributed by atoms with Crippen molar-refractivity contribution in [3.63, 3.8) is 0 Å². The zero-order valence-electron chi connectivity index (χ0n) is 11.4. The number of nitrogens with two attached hydrogens (primary N) is 1. The molecule has 1 fully saturated rings. The van der Waals surface area contributed by atoms with Crippen molar-refractivity contribution in [1.82, 2.24) is 20.2 Å². The standard InChI is InChI=1S/C12H23N5OS/c1-17-12(14-15-16-17)19-8-11(18)10(13)7-9-5-3-2-4-6-9/h9-11,18H,2-8,13H2,1H3. The number of aliphatic hydroxyl groups excluding tert-OH is 1. The van der Waals surface area contributed by atoms with Gasteiger partial charge in [-0.1, -0.05) is 43.9 Å². The molecule has 108 valence electrons. The molecule has 0 spiro atoms. The lowest BCUT2D eigenvalue weighted by molar-refractivity contribution is 0.147. The van der Waals surface area contributed by atoms with Crippen molar-refractivity contribution < 1.29 is 5.11 Å². The Morgan fingerprint density at radius 1 is 1.42 bits per heavy atom. The van der Waals surface area contributed by atoms with Gasteiger partial charge in [-0.15, -0.1) is 5.10 Å². The van der Waals surface area contributed by atoms with E-state index in [1.807, 2.05) is 0 Å². The molecule has 3 N–H and O–H groups in total. The van der Waals surface area contributed by atoms with Gasteiger partial charge in [0, 0.05) is 18.8 Å². The van der Waals surface area contributed by atoms with Crippen LogP contribution in [0.15, 0.2) is 5.16 Å². The molecule has 0 saturated heterocycles. The smallest absolute Gasteiger partial charge is 0.209 e. The van der Waals surface area contributed by atoms with Crippen molar-refractivity contribution >= 4 is 11.8 Å². The Hall–Kier alpha value is -0.660. The maximum Gasteiger partial charge on any atom is 0.209 e. The van der Waals surface area contributed by atoms with Gasteiger partial charge in [0.15, 0.2) is 0 Å². The molecule has 1 heterocycles. The van der Waals surface area contributed by atoms with Gasteiger partial charge in [0.05, 0.1) is 6.10 Å². The first-order chi connectivity index (χ1) is 9.16. The third-order valence-corrected chi connectivity index (χ3v) is 4.90. The molecule has 0 aliphatic heterocycles. The van der Waals surface area contributed by atoms with Crippen LogP contribution in [0.2, 0.25) is 0 Å². The molecule has 0 bridgehead atoms. The average Bonchev–Trinajstić information content (AvgIpc) is 2.82. The van der Waals surface area contributed by atoms with E-state index in [4.69, 9.17) is 5.73 Å². The molecule has 2 rings (SSSR count). The zero-order chi connectivity index (χ0) is 13.7. The highest BCUT2D eigenvalue weighted by Crippen LogP contribution is 2.28. The van der Waals surface area contributed by atoms with Crippen molar-refractivity contribution in [2.24, 2.45) is 18.7 Å². The Bertz CT molecular complexity index is 380. The number of aliphatic hydroxyl groups is 1. The van der Waals surface area contributed by atoms with Crippen molar-refractivity contribution in [3.8, 4) is 0 Å². The molecule has 1 aromatic heterocycles. The molecule has 6 nitrogen and oxygen atoms in total. The summed E-state index contributed by atoms with van der Waals surface area (Å²) in [4.78, 5) is 0. The largest absolute Gasteiger partial charge is 0.391 e. The molecular weight excluding hydrogens is 262 g/mol. The quantitative estimate of drug-likeness (QED) is 0.757. The van der Waals surface area contributed by atoms with Crippen molar-refractivity contribution in [1.29, 1.82) is 0 Å². The molecule has 1 aliphatic carbocycles. The molecule has 7 heteroatoms. The summed E-state index contributed by atoms with van der Waals surface area (Å²) in [5.74, 6) is 1.24. The molecule has 0 radical (unpaired) electrons. The van der Waals surface area contributed by atoms with Gasteiger partial charge in [0.25, 0.3) is 0 Å². The van der Waals surface area contributed by atoms with Crippen LogP contribution >= 0.6 is 11.8 Å². The summed E-state index contributed by atoms with van der Waals surface area (Å²) in [6.07, 6.45) is 6.94. The Morgan fingerprint density at radius 2 is 2.16 bits per heavy atom. The minimum Gasteiger partial charge on any atom is -0.391 e. The minimum absolute atomic E-state index is 0.142. The molecule has 0 aromatic carbocycles. The summed E-state index contributed by atoms with van der Waals surface area (Å²) in [5.41, 5.74) is 6.10. The maximum atomic E-state index is 10.1. The van der Waals surface area contributed by atoms with Gasteiger partial charge in [0.2, 0.25) is 5.16 Å². The van der Waals surface area contributed by atoms with Crippen LogP contribution < -0.4 is 5.73 Å². The third kappa shape index (κ3) is 4.43. The van der Waals surface area contributed by atoms with E-state index in [1.54, 1.807) is 11.7 Å². The van der Waals surface area contributed by atoms with Gasteiger partial charge in [-0.2, -0.15) is 0 Å². The Balaban J connectivity index is 1.72. The first kappa shape index (κ1) is 14.7. The third-order valence-electron chi connectivity index (χ3n) is 3.79. The van der Waals surface area contributed by atoms with E-state index in [2.05, 4.69) is 15.5 Å². The summed E-state index contributed by atoms with van der Waals surface area (Å²) in [5, 5.41) is 22.0. The summed E-state index contributed by atoms with van der Waals surface area (Å²) in [6, 6.07) is -0.142. The molecule has 2 atom stereocenters. The van der Waals surface area contributed by atoms with Gasteiger partial charge >= 0.3 is 0 Å². The van der Waals surface area contributed by atoms with Gasteiger partial charge < -0.3 is 10.8 Å². The second kappa shape index (κ2) is 7.21. The lowest BCUT2D eigenvalue weighted by Gasteiger charge is -2.26. The second-order valence-electron chi connectivity index (χ2n) is 5.37. The predicted octanol–water partition coefficient (Wildman–Crippen LogP) is 0.961. The molecular formula is C12H23N5OS. The summed E-state index contributed by atoms with van der Waals surface area (Å²) in [7, 11) is 1.79. The van der Waals surface area contributed by atoms with E-state index in [0.29, 0.717) is 16.8 Å². The summed E-state index contributed by atoms with van der Waals surface area (Å²) < 4.78 is 1.60. The van der Waals surface area contributed by atoms with E-state index in [0.717, 1.165) is 6.42 Å². The van der Waals surface area contributed by atoms with Crippen LogP contribution in [-0.4, -0.2) is 43.2 Å². The van der Waals surface area contributed by atoms with Crippen LogP contribution in [0.1, 0.15) is 38.5 Å². The second-order valence-corrected chi connectivity index (χ2v) is 6.35. The Morgan fingerprint density at radius 3 is 2.79 bits per heavy atom. The predicted molar refractivity (Wildman–Crippen MR) is 74.7 cm³/mol. The molecule has 0 amide bonds.